The molecule has 6 nitrogen and oxygen atoms in total. The number of aryl methyl sites for hydroxylation is 1. The Bertz CT molecular complexity index is 1270. The Hall–Kier alpha value is -2.26. The minimum absolute atomic E-state index is 0. The second kappa shape index (κ2) is 9.54. The number of halogens is 1. The maximum atomic E-state index is 13.2. The molecule has 4 aromatic rings. The molecule has 0 spiro atoms. The predicted octanol–water partition coefficient (Wildman–Crippen LogP) is 6.16. The molecular formula is C24H28ClN5OS2. The van der Waals surface area contributed by atoms with Crippen LogP contribution in [0.4, 0.5) is 5.00 Å². The summed E-state index contributed by atoms with van der Waals surface area (Å²) in [5.41, 5.74) is 4.86. The Morgan fingerprint density at radius 2 is 2.03 bits per heavy atom. The molecule has 1 aromatic carbocycles. The molecule has 1 amide bonds. The molecule has 1 N–H and O–H groups in total. The molecule has 0 unspecified atom stereocenters. The van der Waals surface area contributed by atoms with E-state index in [9.17, 15) is 4.79 Å². The number of carbonyl (C=O) groups excluding carboxylic acids is 1. The van der Waals surface area contributed by atoms with Gasteiger partial charge in [0.25, 0.3) is 5.91 Å². The average molecular weight is 502 g/mol. The van der Waals surface area contributed by atoms with Crippen LogP contribution in [0, 0.1) is 6.92 Å². The Balaban J connectivity index is 0.00000259. The summed E-state index contributed by atoms with van der Waals surface area (Å²) in [6.07, 6.45) is 0.974. The van der Waals surface area contributed by atoms with Gasteiger partial charge in [0.2, 0.25) is 0 Å². The zero-order chi connectivity index (χ0) is 22.4. The molecule has 0 aliphatic carbocycles. The lowest BCUT2D eigenvalue weighted by atomic mass is 10.0. The van der Waals surface area contributed by atoms with Crippen LogP contribution in [0.2, 0.25) is 0 Å². The highest BCUT2D eigenvalue weighted by Gasteiger charge is 2.28. The van der Waals surface area contributed by atoms with E-state index in [4.69, 9.17) is 4.98 Å². The lowest BCUT2D eigenvalue weighted by Crippen LogP contribution is -2.29. The number of hydrogen-bond donors (Lipinski definition) is 1. The second-order valence-corrected chi connectivity index (χ2v) is 10.6. The molecule has 4 heterocycles. The standard InChI is InChI=1S/C24H27N5OS2.ClH/c1-5-28-11-10-16-20(13-28)32-24(21(16)23-25-17-8-6-7-9-19(17)31-23)26-22(30)18-12-15(4)29(27-18)14(2)3;/h6-9,12,14H,5,10-11,13H2,1-4H3,(H,26,30);1H. The van der Waals surface area contributed by atoms with Crippen LogP contribution < -0.4 is 5.32 Å². The monoisotopic (exact) mass is 501 g/mol. The van der Waals surface area contributed by atoms with Crippen molar-refractivity contribution in [2.24, 2.45) is 0 Å². The quantitative estimate of drug-likeness (QED) is 0.355. The molecule has 3 aromatic heterocycles. The van der Waals surface area contributed by atoms with Crippen LogP contribution in [0.3, 0.4) is 0 Å². The molecule has 0 radical (unpaired) electrons. The van der Waals surface area contributed by atoms with Gasteiger partial charge in [-0.05, 0) is 57.5 Å². The largest absolute Gasteiger partial charge is 0.312 e. The van der Waals surface area contributed by atoms with Crippen LogP contribution in [0.15, 0.2) is 30.3 Å². The van der Waals surface area contributed by atoms with Crippen LogP contribution in [0.1, 0.15) is 53.4 Å². The van der Waals surface area contributed by atoms with E-state index in [1.165, 1.54) is 10.4 Å². The van der Waals surface area contributed by atoms with E-state index in [1.54, 1.807) is 22.7 Å². The summed E-state index contributed by atoms with van der Waals surface area (Å²) < 4.78 is 3.05. The van der Waals surface area contributed by atoms with Gasteiger partial charge in [-0.15, -0.1) is 35.1 Å². The number of hydrogen-bond acceptors (Lipinski definition) is 6. The number of nitrogens with zero attached hydrogens (tertiary/aromatic N) is 4. The molecule has 0 atom stereocenters. The first-order valence-electron chi connectivity index (χ1n) is 11.0. The number of anilines is 1. The third-order valence-electron chi connectivity index (χ3n) is 5.96. The Morgan fingerprint density at radius 3 is 2.73 bits per heavy atom. The first-order chi connectivity index (χ1) is 15.4. The number of fused-ring (bicyclic) bond motifs is 2. The van der Waals surface area contributed by atoms with Gasteiger partial charge in [-0.2, -0.15) is 5.10 Å². The number of thiazole rings is 1. The van der Waals surface area contributed by atoms with E-state index < -0.39 is 0 Å². The van der Waals surface area contributed by atoms with Crippen molar-refractivity contribution in [2.45, 2.75) is 46.7 Å². The van der Waals surface area contributed by atoms with Gasteiger partial charge in [-0.25, -0.2) is 4.98 Å². The lowest BCUT2D eigenvalue weighted by Gasteiger charge is -2.25. The third kappa shape index (κ3) is 4.45. The molecule has 0 bridgehead atoms. The smallest absolute Gasteiger partial charge is 0.276 e. The van der Waals surface area contributed by atoms with E-state index >= 15 is 0 Å². The predicted molar refractivity (Wildman–Crippen MR) is 140 cm³/mol. The maximum Gasteiger partial charge on any atom is 0.276 e. The van der Waals surface area contributed by atoms with Gasteiger partial charge in [0.05, 0.1) is 10.2 Å². The summed E-state index contributed by atoms with van der Waals surface area (Å²) in [7, 11) is 0. The summed E-state index contributed by atoms with van der Waals surface area (Å²) >= 11 is 3.38. The van der Waals surface area contributed by atoms with Gasteiger partial charge < -0.3 is 5.32 Å². The average Bonchev–Trinajstić information content (AvgIpc) is 3.46. The fourth-order valence-electron chi connectivity index (χ4n) is 4.31. The molecule has 1 aliphatic rings. The lowest BCUT2D eigenvalue weighted by molar-refractivity contribution is 0.102. The van der Waals surface area contributed by atoms with Gasteiger partial charge in [0, 0.05) is 35.3 Å². The van der Waals surface area contributed by atoms with E-state index in [2.05, 4.69) is 42.2 Å². The van der Waals surface area contributed by atoms with Gasteiger partial charge >= 0.3 is 0 Å². The van der Waals surface area contributed by atoms with Gasteiger partial charge in [-0.1, -0.05) is 19.1 Å². The fourth-order valence-corrected chi connectivity index (χ4v) is 6.70. The highest BCUT2D eigenvalue weighted by molar-refractivity contribution is 7.23. The number of nitrogens with one attached hydrogen (secondary N) is 1. The summed E-state index contributed by atoms with van der Waals surface area (Å²) in [5.74, 6) is -0.166. The Morgan fingerprint density at radius 1 is 1.24 bits per heavy atom. The summed E-state index contributed by atoms with van der Waals surface area (Å²) in [4.78, 5) is 21.9. The van der Waals surface area contributed by atoms with E-state index in [0.717, 1.165) is 57.5 Å². The normalized spacial score (nSPS) is 13.8. The first kappa shape index (κ1) is 23.9. The number of benzene rings is 1. The minimum Gasteiger partial charge on any atom is -0.312 e. The van der Waals surface area contributed by atoms with Crippen molar-refractivity contribution in [3.8, 4) is 10.6 Å². The van der Waals surface area contributed by atoms with Crippen molar-refractivity contribution in [3.05, 3.63) is 52.2 Å². The van der Waals surface area contributed by atoms with Gasteiger partial charge in [-0.3, -0.25) is 14.4 Å². The number of aromatic nitrogens is 3. The molecule has 174 valence electrons. The molecule has 1 aliphatic heterocycles. The maximum absolute atomic E-state index is 13.2. The number of para-hydroxylation sites is 1. The second-order valence-electron chi connectivity index (χ2n) is 8.48. The summed E-state index contributed by atoms with van der Waals surface area (Å²) in [6.45, 7) is 11.3. The molecule has 9 heteroatoms. The van der Waals surface area contributed by atoms with Crippen LogP contribution in [0.25, 0.3) is 20.8 Å². The molecular weight excluding hydrogens is 474 g/mol. The van der Waals surface area contributed by atoms with E-state index in [-0.39, 0.29) is 24.4 Å². The van der Waals surface area contributed by atoms with Crippen molar-refractivity contribution < 1.29 is 4.79 Å². The molecule has 5 rings (SSSR count). The topological polar surface area (TPSA) is 63.1 Å². The number of amides is 1. The van der Waals surface area contributed by atoms with Crippen LogP contribution in [-0.2, 0) is 13.0 Å². The van der Waals surface area contributed by atoms with Crippen molar-refractivity contribution in [1.29, 1.82) is 0 Å². The molecule has 0 fully saturated rings. The van der Waals surface area contributed by atoms with Crippen molar-refractivity contribution in [1.82, 2.24) is 19.7 Å². The third-order valence-corrected chi connectivity index (χ3v) is 8.15. The van der Waals surface area contributed by atoms with Gasteiger partial charge in [0.1, 0.15) is 10.0 Å². The number of carbonyl (C=O) groups is 1. The van der Waals surface area contributed by atoms with Crippen molar-refractivity contribution >= 4 is 56.2 Å². The number of thiophene rings is 1. The van der Waals surface area contributed by atoms with Crippen molar-refractivity contribution in [2.75, 3.05) is 18.4 Å². The molecule has 0 saturated carbocycles. The SMILES string of the molecule is CCN1CCc2c(sc(NC(=O)c3cc(C)n(C(C)C)n3)c2-c2nc3ccccc3s2)C1.Cl. The van der Waals surface area contributed by atoms with Crippen LogP contribution in [-0.4, -0.2) is 38.7 Å². The zero-order valence-electron chi connectivity index (χ0n) is 19.2. The van der Waals surface area contributed by atoms with Crippen molar-refractivity contribution in [3.63, 3.8) is 0 Å². The van der Waals surface area contributed by atoms with Crippen LogP contribution in [0.5, 0.6) is 0 Å². The van der Waals surface area contributed by atoms with E-state index in [0.29, 0.717) is 5.69 Å². The first-order valence-corrected chi connectivity index (χ1v) is 12.7. The highest BCUT2D eigenvalue weighted by Crippen LogP contribution is 2.45. The van der Waals surface area contributed by atoms with E-state index in [1.807, 2.05) is 35.9 Å². The molecule has 0 saturated heterocycles. The fraction of sp³-hybridized carbons (Fsp3) is 0.375. The summed E-state index contributed by atoms with van der Waals surface area (Å²) in [6, 6.07) is 10.3. The zero-order valence-corrected chi connectivity index (χ0v) is 21.7. The number of rotatable bonds is 5. The Kier molecular flexibility index (Phi) is 6.91. The van der Waals surface area contributed by atoms with Gasteiger partial charge in [0.15, 0.2) is 5.69 Å². The van der Waals surface area contributed by atoms with Crippen LogP contribution >= 0.6 is 35.1 Å². The minimum atomic E-state index is -0.166. The Labute approximate surface area is 208 Å². The highest BCUT2D eigenvalue weighted by atomic mass is 35.5. The summed E-state index contributed by atoms with van der Waals surface area (Å²) in [5, 5.41) is 9.59. The number of likely N-dealkylation sites (N-methyl/N-ethyl adjacent to an activating group) is 1. The molecule has 33 heavy (non-hydrogen) atoms.